The molecule has 0 unspecified atom stereocenters. The first-order valence-electron chi connectivity index (χ1n) is 6.97. The highest BCUT2D eigenvalue weighted by Crippen LogP contribution is 2.47. The van der Waals surface area contributed by atoms with E-state index in [1.54, 1.807) is 4.31 Å². The van der Waals surface area contributed by atoms with Crippen LogP contribution in [0.2, 0.25) is 0 Å². The Morgan fingerprint density at radius 3 is 2.45 bits per heavy atom. The minimum atomic E-state index is -0.523. The predicted octanol–water partition coefficient (Wildman–Crippen LogP) is 2.99. The van der Waals surface area contributed by atoms with Gasteiger partial charge in [-0.15, -0.1) is 0 Å². The lowest BCUT2D eigenvalue weighted by molar-refractivity contribution is -0.151. The van der Waals surface area contributed by atoms with E-state index in [1.165, 1.54) is 16.8 Å². The Balaban J connectivity index is 1.81. The number of halogens is 2. The second-order valence-corrected chi connectivity index (χ2v) is 9.09. The molecule has 0 N–H and O–H groups in total. The molecule has 118 valence electrons. The number of benzene rings is 1. The number of carbonyl (C=O) groups excluding carboxylic acids is 2. The average molecular weight is 404 g/mol. The van der Waals surface area contributed by atoms with Crippen LogP contribution in [0.5, 0.6) is 0 Å². The highest BCUT2D eigenvalue weighted by atomic mass is 79.9. The highest BCUT2D eigenvalue weighted by molar-refractivity contribution is 9.10. The number of hydrogen-bond donors (Lipinski definition) is 0. The van der Waals surface area contributed by atoms with Gasteiger partial charge in [-0.3, -0.25) is 13.9 Å². The number of amides is 2. The molecule has 2 aliphatic heterocycles. The number of β-lactam (4-membered cyclic amide) rings is 1. The fourth-order valence-electron chi connectivity index (χ4n) is 2.84. The second-order valence-electron chi connectivity index (χ2n) is 5.98. The molecule has 7 heteroatoms. The molecular weight excluding hydrogens is 388 g/mol. The zero-order valence-corrected chi connectivity index (χ0v) is 15.4. The topological polar surface area (TPSA) is 40.6 Å². The van der Waals surface area contributed by atoms with Gasteiger partial charge in [-0.05, 0) is 31.4 Å². The molecule has 3 rings (SSSR count). The monoisotopic (exact) mass is 402 g/mol. The Morgan fingerprint density at radius 2 is 1.86 bits per heavy atom. The van der Waals surface area contributed by atoms with Gasteiger partial charge in [0.25, 0.3) is 5.91 Å². The number of hydrogen-bond acceptors (Lipinski definition) is 3. The van der Waals surface area contributed by atoms with Gasteiger partial charge in [-0.2, -0.15) is 0 Å². The summed E-state index contributed by atoms with van der Waals surface area (Å²) in [6.07, 6.45) is 0. The molecule has 3 atom stereocenters. The lowest BCUT2D eigenvalue weighted by atomic mass is 9.96. The van der Waals surface area contributed by atoms with E-state index in [-0.39, 0.29) is 11.8 Å². The molecule has 0 aromatic heterocycles. The van der Waals surface area contributed by atoms with E-state index >= 15 is 0 Å². The normalized spacial score (nSPS) is 30.6. The maximum Gasteiger partial charge on any atom is 0.257 e. The molecule has 2 saturated heterocycles. The van der Waals surface area contributed by atoms with E-state index in [4.69, 9.17) is 11.6 Å². The fourth-order valence-corrected chi connectivity index (χ4v) is 4.93. The Hall–Kier alpha value is -0.720. The number of alkyl halides is 2. The van der Waals surface area contributed by atoms with E-state index in [2.05, 4.69) is 15.9 Å². The van der Waals surface area contributed by atoms with Crippen molar-refractivity contribution in [3.05, 3.63) is 35.9 Å². The largest absolute Gasteiger partial charge is 0.310 e. The smallest absolute Gasteiger partial charge is 0.257 e. The van der Waals surface area contributed by atoms with Crippen molar-refractivity contribution in [3.63, 3.8) is 0 Å². The Kier molecular flexibility index (Phi) is 4.20. The van der Waals surface area contributed by atoms with Gasteiger partial charge in [-0.25, -0.2) is 0 Å². The molecule has 2 amide bonds. The van der Waals surface area contributed by atoms with Crippen LogP contribution < -0.4 is 0 Å². The molecule has 22 heavy (non-hydrogen) atoms. The molecule has 0 aliphatic carbocycles. The quantitative estimate of drug-likeness (QED) is 0.337. The Bertz CT molecular complexity index is 613. The van der Waals surface area contributed by atoms with Gasteiger partial charge in [0.15, 0.2) is 0 Å². The molecule has 2 heterocycles. The zero-order valence-electron chi connectivity index (χ0n) is 12.2. The number of likely N-dealkylation sites (tertiary alicyclic amines) is 1. The summed E-state index contributed by atoms with van der Waals surface area (Å²) < 4.78 is 1.33. The van der Waals surface area contributed by atoms with Crippen LogP contribution in [-0.4, -0.2) is 42.1 Å². The summed E-state index contributed by atoms with van der Waals surface area (Å²) in [6, 6.07) is 9.30. The molecular formula is C15H16BrClN2O2S. The Labute approximate surface area is 147 Å². The summed E-state index contributed by atoms with van der Waals surface area (Å²) >= 11 is 10.9. The second kappa shape index (κ2) is 5.73. The van der Waals surface area contributed by atoms with Gasteiger partial charge < -0.3 is 4.90 Å². The molecule has 2 fully saturated rings. The Morgan fingerprint density at radius 1 is 1.23 bits per heavy atom. The summed E-state index contributed by atoms with van der Waals surface area (Å²) in [6.45, 7) is 4.48. The lowest BCUT2D eigenvalue weighted by Gasteiger charge is -2.46. The maximum atomic E-state index is 12.8. The van der Waals surface area contributed by atoms with Crippen molar-refractivity contribution >= 4 is 51.3 Å². The van der Waals surface area contributed by atoms with Gasteiger partial charge in [0.2, 0.25) is 5.91 Å². The van der Waals surface area contributed by atoms with Gasteiger partial charge in [0, 0.05) is 0 Å². The molecule has 0 spiro atoms. The van der Waals surface area contributed by atoms with Crippen LogP contribution >= 0.6 is 39.5 Å². The van der Waals surface area contributed by atoms with Crippen LogP contribution in [0.1, 0.15) is 19.4 Å². The number of carbonyl (C=O) groups is 2. The van der Waals surface area contributed by atoms with Crippen LogP contribution in [0.15, 0.2) is 30.3 Å². The standard InChI is InChI=1S/C15H16BrClN2O2S/c1-15(2)11(19-12(17)10(16)13(19)20)14(21)18(22-15)8-9-6-4-3-5-7-9/h3-7,10-12H,8H2,1-2H3/t10-,11+,12-/m1/s1. The van der Waals surface area contributed by atoms with Crippen molar-refractivity contribution in [3.8, 4) is 0 Å². The zero-order chi connectivity index (χ0) is 16.1. The third-order valence-electron chi connectivity index (χ3n) is 3.93. The number of rotatable bonds is 3. The average Bonchev–Trinajstić information content (AvgIpc) is 2.71. The summed E-state index contributed by atoms with van der Waals surface area (Å²) in [5.41, 5.74) is 0.591. The predicted molar refractivity (Wildman–Crippen MR) is 91.7 cm³/mol. The molecule has 0 bridgehead atoms. The van der Waals surface area contributed by atoms with E-state index in [0.717, 1.165) is 5.56 Å². The highest BCUT2D eigenvalue weighted by Gasteiger charge is 2.59. The van der Waals surface area contributed by atoms with Crippen molar-refractivity contribution < 1.29 is 9.59 Å². The first kappa shape index (κ1) is 16.1. The van der Waals surface area contributed by atoms with Gasteiger partial charge in [0.05, 0.1) is 11.3 Å². The first-order chi connectivity index (χ1) is 10.3. The van der Waals surface area contributed by atoms with Gasteiger partial charge in [-0.1, -0.05) is 57.9 Å². The minimum absolute atomic E-state index is 0.0581. The van der Waals surface area contributed by atoms with Crippen LogP contribution in [0.4, 0.5) is 0 Å². The van der Waals surface area contributed by atoms with Crippen LogP contribution in [0.25, 0.3) is 0 Å². The first-order valence-corrected chi connectivity index (χ1v) is 9.10. The van der Waals surface area contributed by atoms with Crippen LogP contribution in [0.3, 0.4) is 0 Å². The van der Waals surface area contributed by atoms with E-state index < -0.39 is 21.1 Å². The van der Waals surface area contributed by atoms with Crippen LogP contribution in [0, 0.1) is 0 Å². The summed E-state index contributed by atoms with van der Waals surface area (Å²) in [4.78, 5) is 26.0. The lowest BCUT2D eigenvalue weighted by Crippen LogP contribution is -2.67. The number of nitrogens with zero attached hydrogens (tertiary/aromatic N) is 2. The van der Waals surface area contributed by atoms with Crippen molar-refractivity contribution in [2.75, 3.05) is 0 Å². The molecule has 1 aromatic rings. The molecule has 1 aromatic carbocycles. The van der Waals surface area contributed by atoms with Gasteiger partial charge in [0.1, 0.15) is 16.4 Å². The SMILES string of the molecule is CC1(C)SN(Cc2ccccc2)C(=O)[C@@H]1N1C(=O)[C@H](Br)[C@@H]1Cl. The van der Waals surface area contributed by atoms with E-state index in [1.807, 2.05) is 44.2 Å². The third kappa shape index (κ3) is 2.55. The van der Waals surface area contributed by atoms with E-state index in [9.17, 15) is 9.59 Å². The van der Waals surface area contributed by atoms with Gasteiger partial charge >= 0.3 is 0 Å². The molecule has 0 saturated carbocycles. The molecule has 2 aliphatic rings. The van der Waals surface area contributed by atoms with Crippen molar-refractivity contribution in [2.24, 2.45) is 0 Å². The van der Waals surface area contributed by atoms with E-state index in [0.29, 0.717) is 6.54 Å². The molecule has 0 radical (unpaired) electrons. The maximum absolute atomic E-state index is 12.8. The van der Waals surface area contributed by atoms with Crippen LogP contribution in [-0.2, 0) is 16.1 Å². The van der Waals surface area contributed by atoms with Crippen molar-refractivity contribution in [2.45, 2.75) is 41.5 Å². The van der Waals surface area contributed by atoms with Crippen molar-refractivity contribution in [1.82, 2.24) is 9.21 Å². The molecule has 4 nitrogen and oxygen atoms in total. The fraction of sp³-hybridized carbons (Fsp3) is 0.467. The minimum Gasteiger partial charge on any atom is -0.310 e. The summed E-state index contributed by atoms with van der Waals surface area (Å²) in [5, 5.41) is 0. The summed E-state index contributed by atoms with van der Waals surface area (Å²) in [7, 11) is 0. The van der Waals surface area contributed by atoms with Crippen molar-refractivity contribution in [1.29, 1.82) is 0 Å². The summed E-state index contributed by atoms with van der Waals surface area (Å²) in [5.74, 6) is -0.175. The third-order valence-corrected chi connectivity index (χ3v) is 6.81.